The topological polar surface area (TPSA) is 96.6 Å². The van der Waals surface area contributed by atoms with Crippen LogP contribution in [-0.2, 0) is 0 Å². The average Bonchev–Trinajstić information content (AvgIpc) is 2.73. The number of aromatic hydroxyl groups is 1. The van der Waals surface area contributed by atoms with E-state index in [0.29, 0.717) is 33.8 Å². The summed E-state index contributed by atoms with van der Waals surface area (Å²) >= 11 is 0. The molecule has 29 heavy (non-hydrogen) atoms. The van der Waals surface area contributed by atoms with Crippen LogP contribution < -0.4 is 29.3 Å². The second-order valence-electron chi connectivity index (χ2n) is 6.55. The lowest BCUT2D eigenvalue weighted by molar-refractivity contribution is 0.0284. The van der Waals surface area contributed by atoms with E-state index in [1.165, 1.54) is 27.4 Å². The van der Waals surface area contributed by atoms with Gasteiger partial charge in [-0.25, -0.2) is 4.79 Å². The Kier molecular flexibility index (Phi) is 4.62. The highest BCUT2D eigenvalue weighted by Crippen LogP contribution is 2.50. The summed E-state index contributed by atoms with van der Waals surface area (Å²) in [4.78, 5) is 11.7. The van der Waals surface area contributed by atoms with Crippen LogP contribution >= 0.6 is 0 Å². The molecule has 0 radical (unpaired) electrons. The lowest BCUT2D eigenvalue weighted by Gasteiger charge is -2.33. The Morgan fingerprint density at radius 3 is 2.17 bits per heavy atom. The lowest BCUT2D eigenvalue weighted by Crippen LogP contribution is -2.31. The zero-order valence-corrected chi connectivity index (χ0v) is 16.3. The predicted octanol–water partition coefficient (Wildman–Crippen LogP) is 3.43. The van der Waals surface area contributed by atoms with Crippen LogP contribution in [0.4, 0.5) is 0 Å². The molecule has 0 aliphatic carbocycles. The number of fused-ring (bicyclic) bond motifs is 3. The molecule has 1 aliphatic heterocycles. The van der Waals surface area contributed by atoms with Crippen molar-refractivity contribution in [3.63, 3.8) is 0 Å². The monoisotopic (exact) mass is 400 g/mol. The van der Waals surface area contributed by atoms with Crippen LogP contribution in [0.3, 0.4) is 0 Å². The molecular formula is C21H20O8. The summed E-state index contributed by atoms with van der Waals surface area (Å²) in [5.74, 6) is 1.46. The van der Waals surface area contributed by atoms with E-state index in [1.807, 2.05) is 6.92 Å². The Labute approximate surface area is 166 Å². The quantitative estimate of drug-likeness (QED) is 0.666. The number of ether oxygens (including phenoxy) is 5. The molecule has 1 aromatic heterocycles. The minimum atomic E-state index is -0.562. The van der Waals surface area contributed by atoms with E-state index in [0.717, 1.165) is 0 Å². The number of methoxy groups -OCH3 is 3. The molecule has 0 saturated carbocycles. The molecule has 1 aliphatic rings. The molecule has 0 spiro atoms. The van der Waals surface area contributed by atoms with E-state index in [1.54, 1.807) is 24.3 Å². The van der Waals surface area contributed by atoms with Gasteiger partial charge in [0.2, 0.25) is 17.2 Å². The zero-order valence-electron chi connectivity index (χ0n) is 16.3. The van der Waals surface area contributed by atoms with E-state index >= 15 is 0 Å². The molecule has 3 aromatic rings. The first-order valence-corrected chi connectivity index (χ1v) is 8.89. The third kappa shape index (κ3) is 3.06. The lowest BCUT2D eigenvalue weighted by atomic mass is 10.0. The first kappa shape index (κ1) is 18.8. The highest BCUT2D eigenvalue weighted by molar-refractivity contribution is 5.88. The minimum absolute atomic E-state index is 0.103. The predicted molar refractivity (Wildman–Crippen MR) is 104 cm³/mol. The Hall–Kier alpha value is -3.55. The van der Waals surface area contributed by atoms with Gasteiger partial charge < -0.3 is 33.2 Å². The van der Waals surface area contributed by atoms with Crippen LogP contribution in [0.15, 0.2) is 39.5 Å². The van der Waals surface area contributed by atoms with Gasteiger partial charge in [-0.2, -0.15) is 0 Å². The fraction of sp³-hybridized carbons (Fsp3) is 0.286. The Morgan fingerprint density at radius 2 is 1.55 bits per heavy atom. The van der Waals surface area contributed by atoms with Gasteiger partial charge in [0.05, 0.1) is 21.3 Å². The van der Waals surface area contributed by atoms with Crippen molar-refractivity contribution in [3.8, 4) is 34.5 Å². The standard InChI is InChI=1S/C21H20O8/c1-10-18(12-8-13(24-2)17(23)14(9-12)25-3)29-20-15(26-4)7-11-5-6-16(22)28-19(11)21(20)27-10/h5-10,18,23H,1-4H3. The summed E-state index contributed by atoms with van der Waals surface area (Å²) in [5.41, 5.74) is 0.474. The van der Waals surface area contributed by atoms with E-state index < -0.39 is 17.8 Å². The third-order valence-corrected chi connectivity index (χ3v) is 4.81. The van der Waals surface area contributed by atoms with Gasteiger partial charge in [0, 0.05) is 17.0 Å². The van der Waals surface area contributed by atoms with E-state index in [-0.39, 0.29) is 17.2 Å². The van der Waals surface area contributed by atoms with Gasteiger partial charge in [0.15, 0.2) is 28.9 Å². The van der Waals surface area contributed by atoms with Gasteiger partial charge >= 0.3 is 5.63 Å². The van der Waals surface area contributed by atoms with Crippen molar-refractivity contribution < 1.29 is 33.2 Å². The van der Waals surface area contributed by atoms with Crippen molar-refractivity contribution in [2.24, 2.45) is 0 Å². The highest BCUT2D eigenvalue weighted by Gasteiger charge is 2.35. The molecule has 2 heterocycles. The Bertz CT molecular complexity index is 1110. The largest absolute Gasteiger partial charge is 0.502 e. The van der Waals surface area contributed by atoms with Crippen LogP contribution in [0.25, 0.3) is 11.0 Å². The summed E-state index contributed by atoms with van der Waals surface area (Å²) in [6, 6.07) is 7.99. The van der Waals surface area contributed by atoms with Gasteiger partial charge in [0.25, 0.3) is 0 Å². The fourth-order valence-electron chi connectivity index (χ4n) is 3.40. The number of benzene rings is 2. The normalized spacial score (nSPS) is 17.8. The van der Waals surface area contributed by atoms with Crippen molar-refractivity contribution in [3.05, 3.63) is 46.3 Å². The van der Waals surface area contributed by atoms with Gasteiger partial charge in [0.1, 0.15) is 6.10 Å². The van der Waals surface area contributed by atoms with Gasteiger partial charge in [-0.05, 0) is 31.2 Å². The van der Waals surface area contributed by atoms with Crippen LogP contribution in [0, 0.1) is 0 Å². The zero-order chi connectivity index (χ0) is 20.7. The first-order valence-electron chi connectivity index (χ1n) is 8.89. The molecule has 0 fully saturated rings. The summed E-state index contributed by atoms with van der Waals surface area (Å²) in [5, 5.41) is 10.8. The average molecular weight is 400 g/mol. The molecule has 0 bridgehead atoms. The van der Waals surface area contributed by atoms with E-state index in [4.69, 9.17) is 28.1 Å². The fourth-order valence-corrected chi connectivity index (χ4v) is 3.40. The third-order valence-electron chi connectivity index (χ3n) is 4.81. The molecule has 8 nitrogen and oxygen atoms in total. The molecule has 2 unspecified atom stereocenters. The first-order chi connectivity index (χ1) is 14.0. The molecule has 152 valence electrons. The molecule has 0 amide bonds. The number of phenols is 1. The minimum Gasteiger partial charge on any atom is -0.502 e. The molecule has 4 rings (SSSR count). The number of hydrogen-bond acceptors (Lipinski definition) is 8. The second-order valence-corrected chi connectivity index (χ2v) is 6.55. The van der Waals surface area contributed by atoms with Crippen molar-refractivity contribution in [2.75, 3.05) is 21.3 Å². The van der Waals surface area contributed by atoms with E-state index in [9.17, 15) is 9.90 Å². The Balaban J connectivity index is 1.86. The van der Waals surface area contributed by atoms with Crippen LogP contribution in [0.1, 0.15) is 18.6 Å². The maximum atomic E-state index is 11.7. The van der Waals surface area contributed by atoms with E-state index in [2.05, 4.69) is 0 Å². The smallest absolute Gasteiger partial charge is 0.336 e. The molecule has 2 atom stereocenters. The van der Waals surface area contributed by atoms with Crippen molar-refractivity contribution in [2.45, 2.75) is 19.1 Å². The maximum absolute atomic E-state index is 11.7. The van der Waals surface area contributed by atoms with Crippen molar-refractivity contribution in [1.29, 1.82) is 0 Å². The highest BCUT2D eigenvalue weighted by atomic mass is 16.6. The number of hydrogen-bond donors (Lipinski definition) is 1. The van der Waals surface area contributed by atoms with Crippen LogP contribution in [-0.4, -0.2) is 32.5 Å². The van der Waals surface area contributed by atoms with Crippen LogP contribution in [0.2, 0.25) is 0 Å². The summed E-state index contributed by atoms with van der Waals surface area (Å²) < 4.78 is 33.6. The molecule has 8 heteroatoms. The van der Waals surface area contributed by atoms with Gasteiger partial charge in [-0.1, -0.05) is 0 Å². The van der Waals surface area contributed by atoms with Crippen LogP contribution in [0.5, 0.6) is 34.5 Å². The maximum Gasteiger partial charge on any atom is 0.336 e. The SMILES string of the molecule is COc1cc(C2Oc3c(OC)cc4ccc(=O)oc4c3OC2C)cc(OC)c1O. The van der Waals surface area contributed by atoms with Crippen molar-refractivity contribution >= 4 is 11.0 Å². The summed E-state index contributed by atoms with van der Waals surface area (Å²) in [7, 11) is 4.42. The second kappa shape index (κ2) is 7.12. The molecule has 2 aromatic carbocycles. The number of phenolic OH excluding ortho intramolecular Hbond substituents is 1. The Morgan fingerprint density at radius 1 is 0.897 bits per heavy atom. The summed E-state index contributed by atoms with van der Waals surface area (Å²) in [6.07, 6.45) is -1.02. The number of rotatable bonds is 4. The van der Waals surface area contributed by atoms with Gasteiger partial charge in [-0.15, -0.1) is 0 Å². The molecular weight excluding hydrogens is 380 g/mol. The van der Waals surface area contributed by atoms with Gasteiger partial charge in [-0.3, -0.25) is 0 Å². The summed E-state index contributed by atoms with van der Waals surface area (Å²) in [6.45, 7) is 1.83. The van der Waals surface area contributed by atoms with Crippen molar-refractivity contribution in [1.82, 2.24) is 0 Å². The molecule has 1 N–H and O–H groups in total. The molecule has 0 saturated heterocycles.